The highest BCUT2D eigenvalue weighted by Crippen LogP contribution is 2.19. The second-order valence-electron chi connectivity index (χ2n) is 24.9. The van der Waals surface area contributed by atoms with Crippen LogP contribution in [0.1, 0.15) is 406 Å². The third kappa shape index (κ3) is 68.3. The highest BCUT2D eigenvalue weighted by Gasteiger charge is 2.19. The molecule has 81 heavy (non-hydrogen) atoms. The molecule has 0 aliphatic heterocycles. The quantitative estimate of drug-likeness (QED) is 0.0261. The van der Waals surface area contributed by atoms with E-state index < -0.39 is 6.10 Å². The van der Waals surface area contributed by atoms with E-state index in [0.29, 0.717) is 19.3 Å². The molecule has 1 unspecified atom stereocenters. The van der Waals surface area contributed by atoms with Crippen molar-refractivity contribution < 1.29 is 28.6 Å². The Morgan fingerprint density at radius 1 is 0.247 bits per heavy atom. The lowest BCUT2D eigenvalue weighted by Crippen LogP contribution is -2.30. The molecule has 476 valence electrons. The predicted molar refractivity (Wildman–Crippen MR) is 353 cm³/mol. The van der Waals surface area contributed by atoms with Crippen LogP contribution in [0.25, 0.3) is 0 Å². The Morgan fingerprint density at radius 2 is 0.444 bits per heavy atom. The van der Waals surface area contributed by atoms with Crippen molar-refractivity contribution in [3.05, 3.63) is 36.5 Å². The summed E-state index contributed by atoms with van der Waals surface area (Å²) in [7, 11) is 0. The molecule has 0 amide bonds. The second-order valence-corrected chi connectivity index (χ2v) is 24.9. The molecule has 0 aromatic carbocycles. The molecule has 6 heteroatoms. The van der Waals surface area contributed by atoms with Gasteiger partial charge in [0.15, 0.2) is 6.10 Å². The Kier molecular flexibility index (Phi) is 68.1. The Morgan fingerprint density at radius 3 is 0.691 bits per heavy atom. The molecule has 0 aliphatic carbocycles. The summed E-state index contributed by atoms with van der Waals surface area (Å²) in [6.45, 7) is 6.60. The maximum Gasteiger partial charge on any atom is 0.306 e. The summed E-state index contributed by atoms with van der Waals surface area (Å²) in [5, 5.41) is 0. The van der Waals surface area contributed by atoms with Gasteiger partial charge in [-0.15, -0.1) is 0 Å². The molecule has 0 radical (unpaired) electrons. The summed E-state index contributed by atoms with van der Waals surface area (Å²) in [6, 6.07) is 0. The molecular formula is C75H140O6. The normalized spacial score (nSPS) is 12.2. The molecule has 0 heterocycles. The summed E-state index contributed by atoms with van der Waals surface area (Å²) >= 11 is 0. The summed E-state index contributed by atoms with van der Waals surface area (Å²) < 4.78 is 16.8. The fourth-order valence-electron chi connectivity index (χ4n) is 11.2. The number of allylic oxidation sites excluding steroid dienone is 6. The molecule has 0 aromatic rings. The molecule has 0 aromatic heterocycles. The molecule has 0 saturated heterocycles. The minimum atomic E-state index is -0.772. The fourth-order valence-corrected chi connectivity index (χ4v) is 11.2. The zero-order valence-electron chi connectivity index (χ0n) is 54.8. The minimum absolute atomic E-state index is 0.0713. The summed E-state index contributed by atoms with van der Waals surface area (Å²) in [5.74, 6) is -0.870. The lowest BCUT2D eigenvalue weighted by molar-refractivity contribution is -0.167. The van der Waals surface area contributed by atoms with E-state index in [4.69, 9.17) is 14.2 Å². The van der Waals surface area contributed by atoms with Crippen molar-refractivity contribution in [2.75, 3.05) is 13.2 Å². The maximum absolute atomic E-state index is 12.8. The Balaban J connectivity index is 3.88. The van der Waals surface area contributed by atoms with Crippen LogP contribution < -0.4 is 0 Å². The van der Waals surface area contributed by atoms with Crippen LogP contribution in [-0.2, 0) is 28.6 Å². The van der Waals surface area contributed by atoms with Gasteiger partial charge in [-0.05, 0) is 57.8 Å². The van der Waals surface area contributed by atoms with Crippen LogP contribution in [0.15, 0.2) is 36.5 Å². The first-order valence-electron chi connectivity index (χ1n) is 36.5. The average Bonchev–Trinajstić information content (AvgIpc) is 3.47. The van der Waals surface area contributed by atoms with Crippen molar-refractivity contribution in [2.45, 2.75) is 412 Å². The fraction of sp³-hybridized carbons (Fsp3) is 0.880. The first kappa shape index (κ1) is 78.6. The molecule has 0 bridgehead atoms. The van der Waals surface area contributed by atoms with E-state index in [1.165, 1.54) is 283 Å². The van der Waals surface area contributed by atoms with Gasteiger partial charge < -0.3 is 14.2 Å². The maximum atomic E-state index is 12.8. The third-order valence-corrected chi connectivity index (χ3v) is 16.6. The van der Waals surface area contributed by atoms with E-state index >= 15 is 0 Å². The standard InChI is InChI=1S/C75H140O6/c1-4-7-10-13-15-17-19-21-23-25-27-29-31-32-33-34-35-36-37-38-39-40-41-42-44-45-47-49-51-53-55-57-59-62-65-68-74(77)80-71-72(70-79-73(76)67-64-61-12-9-6-3)81-75(78)69-66-63-60-58-56-54-52-50-48-46-43-30-28-26-24-22-20-18-16-14-11-8-5-2/h20,22,26,28,43,46,72H,4-19,21,23-25,27,29-42,44-45,47-71H2,1-3H3/b22-20-,28-26-,46-43-. The van der Waals surface area contributed by atoms with Crippen LogP contribution in [0.2, 0.25) is 0 Å². The zero-order valence-corrected chi connectivity index (χ0v) is 54.8. The van der Waals surface area contributed by atoms with Crippen molar-refractivity contribution in [3.8, 4) is 0 Å². The van der Waals surface area contributed by atoms with E-state index in [1.54, 1.807) is 0 Å². The zero-order chi connectivity index (χ0) is 58.5. The van der Waals surface area contributed by atoms with Gasteiger partial charge >= 0.3 is 17.9 Å². The van der Waals surface area contributed by atoms with E-state index in [1.807, 2.05) is 0 Å². The molecule has 0 N–H and O–H groups in total. The molecular weight excluding hydrogens is 997 g/mol. The molecule has 6 nitrogen and oxygen atoms in total. The predicted octanol–water partition coefficient (Wildman–Crippen LogP) is 25.1. The molecule has 1 atom stereocenters. The summed E-state index contributed by atoms with van der Waals surface area (Å²) in [4.78, 5) is 38.0. The Labute approximate surface area is 506 Å². The lowest BCUT2D eigenvalue weighted by Gasteiger charge is -2.18. The molecule has 0 fully saturated rings. The smallest absolute Gasteiger partial charge is 0.306 e. The number of unbranched alkanes of at least 4 members (excludes halogenated alkanes) is 51. The van der Waals surface area contributed by atoms with Gasteiger partial charge in [-0.2, -0.15) is 0 Å². The van der Waals surface area contributed by atoms with Crippen LogP contribution in [0, 0.1) is 0 Å². The van der Waals surface area contributed by atoms with E-state index in [2.05, 4.69) is 57.2 Å². The van der Waals surface area contributed by atoms with Crippen LogP contribution in [0.4, 0.5) is 0 Å². The Bertz CT molecular complexity index is 1350. The van der Waals surface area contributed by atoms with Gasteiger partial charge in [0.2, 0.25) is 0 Å². The van der Waals surface area contributed by atoms with Gasteiger partial charge in [0.25, 0.3) is 0 Å². The van der Waals surface area contributed by atoms with Crippen LogP contribution >= 0.6 is 0 Å². The Hall–Kier alpha value is -2.37. The van der Waals surface area contributed by atoms with Crippen molar-refractivity contribution in [2.24, 2.45) is 0 Å². The first-order valence-corrected chi connectivity index (χ1v) is 36.5. The van der Waals surface area contributed by atoms with E-state index in [0.717, 1.165) is 83.5 Å². The van der Waals surface area contributed by atoms with Crippen LogP contribution in [0.3, 0.4) is 0 Å². The van der Waals surface area contributed by atoms with Gasteiger partial charge in [0.05, 0.1) is 0 Å². The molecule has 0 aliphatic rings. The summed E-state index contributed by atoms with van der Waals surface area (Å²) in [5.41, 5.74) is 0. The minimum Gasteiger partial charge on any atom is -0.462 e. The van der Waals surface area contributed by atoms with Crippen molar-refractivity contribution in [1.82, 2.24) is 0 Å². The third-order valence-electron chi connectivity index (χ3n) is 16.6. The topological polar surface area (TPSA) is 78.9 Å². The first-order chi connectivity index (χ1) is 40.0. The summed E-state index contributed by atoms with van der Waals surface area (Å²) in [6.07, 6.45) is 88.3. The van der Waals surface area contributed by atoms with Crippen LogP contribution in [0.5, 0.6) is 0 Å². The van der Waals surface area contributed by atoms with E-state index in [-0.39, 0.29) is 31.1 Å². The number of hydrogen-bond donors (Lipinski definition) is 0. The highest BCUT2D eigenvalue weighted by atomic mass is 16.6. The van der Waals surface area contributed by atoms with Gasteiger partial charge in [-0.1, -0.05) is 365 Å². The van der Waals surface area contributed by atoms with Crippen LogP contribution in [-0.4, -0.2) is 37.2 Å². The van der Waals surface area contributed by atoms with Gasteiger partial charge in [0.1, 0.15) is 13.2 Å². The van der Waals surface area contributed by atoms with Crippen molar-refractivity contribution >= 4 is 17.9 Å². The number of carbonyl (C=O) groups excluding carboxylic acids is 3. The monoisotopic (exact) mass is 1140 g/mol. The SMILES string of the molecule is CCCCCCC/C=C\C/C=C\C/C=C\CCCCCCCCCCC(=O)OC(COC(=O)CCCCCCC)COC(=O)CCCCCCCCCCCCCCCCCCCCCCCCCCCCCCCCCCCCC. The van der Waals surface area contributed by atoms with Gasteiger partial charge in [0, 0.05) is 19.3 Å². The lowest BCUT2D eigenvalue weighted by atomic mass is 10.0. The van der Waals surface area contributed by atoms with Gasteiger partial charge in [-0.3, -0.25) is 14.4 Å². The molecule has 0 rings (SSSR count). The van der Waals surface area contributed by atoms with E-state index in [9.17, 15) is 14.4 Å². The van der Waals surface area contributed by atoms with Crippen molar-refractivity contribution in [3.63, 3.8) is 0 Å². The van der Waals surface area contributed by atoms with Gasteiger partial charge in [-0.25, -0.2) is 0 Å². The number of esters is 3. The number of hydrogen-bond acceptors (Lipinski definition) is 6. The molecule has 0 spiro atoms. The number of ether oxygens (including phenoxy) is 3. The number of carbonyl (C=O) groups is 3. The molecule has 0 saturated carbocycles. The average molecular weight is 1140 g/mol. The number of rotatable bonds is 68. The second kappa shape index (κ2) is 70.1. The highest BCUT2D eigenvalue weighted by molar-refractivity contribution is 5.71. The largest absolute Gasteiger partial charge is 0.462 e. The van der Waals surface area contributed by atoms with Crippen molar-refractivity contribution in [1.29, 1.82) is 0 Å².